The van der Waals surface area contributed by atoms with Crippen molar-refractivity contribution < 1.29 is 9.13 Å². The Morgan fingerprint density at radius 3 is 2.88 bits per heavy atom. The molecule has 0 spiro atoms. The molecule has 0 aliphatic carbocycles. The highest BCUT2D eigenvalue weighted by molar-refractivity contribution is 5.86. The maximum absolute atomic E-state index is 14.0. The molecule has 2 aromatic carbocycles. The summed E-state index contributed by atoms with van der Waals surface area (Å²) >= 11 is 0. The van der Waals surface area contributed by atoms with Crippen LogP contribution in [0.5, 0.6) is 5.75 Å². The second-order valence-corrected chi connectivity index (χ2v) is 6.43. The quantitative estimate of drug-likeness (QED) is 0.793. The molecule has 0 amide bonds. The van der Waals surface area contributed by atoms with Gasteiger partial charge in [-0.1, -0.05) is 17.7 Å². The number of aryl methyl sites for hydroxylation is 1. The maximum atomic E-state index is 14.0. The van der Waals surface area contributed by atoms with E-state index >= 15 is 0 Å². The first-order chi connectivity index (χ1) is 11.7. The van der Waals surface area contributed by atoms with Gasteiger partial charge in [0.15, 0.2) is 11.6 Å². The van der Waals surface area contributed by atoms with Crippen LogP contribution in [0.3, 0.4) is 0 Å². The second kappa shape index (κ2) is 5.95. The normalized spacial score (nSPS) is 14.0. The Kier molecular flexibility index (Phi) is 3.77. The van der Waals surface area contributed by atoms with Crippen molar-refractivity contribution in [3.05, 3.63) is 64.6 Å². The lowest BCUT2D eigenvalue weighted by molar-refractivity contribution is 0.386. The molecule has 0 bridgehead atoms. The zero-order chi connectivity index (χ0) is 16.7. The summed E-state index contributed by atoms with van der Waals surface area (Å²) in [6, 6.07) is 11.8. The first kappa shape index (κ1) is 15.2. The van der Waals surface area contributed by atoms with Crippen LogP contribution in [0.2, 0.25) is 0 Å². The lowest BCUT2D eigenvalue weighted by Gasteiger charge is -2.17. The van der Waals surface area contributed by atoms with E-state index in [0.717, 1.165) is 25.1 Å². The fourth-order valence-electron chi connectivity index (χ4n) is 3.66. The van der Waals surface area contributed by atoms with Crippen molar-refractivity contribution in [1.29, 1.82) is 0 Å². The highest BCUT2D eigenvalue weighted by atomic mass is 19.1. The summed E-state index contributed by atoms with van der Waals surface area (Å²) in [6.45, 7) is 4.67. The molecule has 4 heteroatoms. The van der Waals surface area contributed by atoms with Crippen LogP contribution < -0.4 is 10.1 Å². The monoisotopic (exact) mass is 324 g/mol. The number of fused-ring (bicyclic) bond motifs is 3. The van der Waals surface area contributed by atoms with E-state index in [4.69, 9.17) is 4.74 Å². The predicted octanol–water partition coefficient (Wildman–Crippen LogP) is 3.79. The van der Waals surface area contributed by atoms with Crippen LogP contribution >= 0.6 is 0 Å². The van der Waals surface area contributed by atoms with Gasteiger partial charge in [-0.05, 0) is 55.3 Å². The Balaban J connectivity index is 1.83. The molecule has 0 saturated heterocycles. The Labute approximate surface area is 141 Å². The molecule has 3 nitrogen and oxygen atoms in total. The zero-order valence-electron chi connectivity index (χ0n) is 14.0. The summed E-state index contributed by atoms with van der Waals surface area (Å²) in [4.78, 5) is 0. The van der Waals surface area contributed by atoms with E-state index in [1.54, 1.807) is 12.1 Å². The third kappa shape index (κ3) is 2.47. The average Bonchev–Trinajstić information content (AvgIpc) is 2.89. The van der Waals surface area contributed by atoms with E-state index in [2.05, 4.69) is 35.0 Å². The van der Waals surface area contributed by atoms with Crippen LogP contribution in [0, 0.1) is 12.7 Å². The third-order valence-electron chi connectivity index (χ3n) is 4.84. The van der Waals surface area contributed by atoms with Gasteiger partial charge in [0.2, 0.25) is 0 Å². The smallest absolute Gasteiger partial charge is 0.165 e. The van der Waals surface area contributed by atoms with Gasteiger partial charge in [0.05, 0.1) is 7.11 Å². The van der Waals surface area contributed by atoms with E-state index in [1.165, 1.54) is 34.8 Å². The van der Waals surface area contributed by atoms with Crippen LogP contribution in [0.25, 0.3) is 10.9 Å². The minimum Gasteiger partial charge on any atom is -0.494 e. The lowest BCUT2D eigenvalue weighted by atomic mass is 10.0. The number of nitrogens with one attached hydrogen (secondary N) is 1. The molecule has 1 N–H and O–H groups in total. The van der Waals surface area contributed by atoms with Crippen molar-refractivity contribution in [3.8, 4) is 5.75 Å². The van der Waals surface area contributed by atoms with Gasteiger partial charge in [0.25, 0.3) is 0 Å². The van der Waals surface area contributed by atoms with Crippen LogP contribution in [0.1, 0.15) is 22.4 Å². The van der Waals surface area contributed by atoms with Gasteiger partial charge in [-0.2, -0.15) is 0 Å². The molecule has 1 aliphatic heterocycles. The summed E-state index contributed by atoms with van der Waals surface area (Å²) in [5, 5.41) is 4.79. The van der Waals surface area contributed by atoms with E-state index in [9.17, 15) is 4.39 Å². The fraction of sp³-hybridized carbons (Fsp3) is 0.300. The second-order valence-electron chi connectivity index (χ2n) is 6.43. The van der Waals surface area contributed by atoms with Gasteiger partial charge < -0.3 is 14.6 Å². The summed E-state index contributed by atoms with van der Waals surface area (Å²) in [6.07, 6.45) is 1.04. The number of hydrogen-bond donors (Lipinski definition) is 1. The minimum absolute atomic E-state index is 0.287. The molecule has 3 aromatic rings. The highest BCUT2D eigenvalue weighted by Gasteiger charge is 2.20. The standard InChI is InChI=1S/C20H21FN2O/c1-13-3-5-18-16(9-13)15-7-8-22-11-19(15)23(18)12-14-4-6-20(24-2)17(21)10-14/h3-6,9-10,22H,7-8,11-12H2,1-2H3. The lowest BCUT2D eigenvalue weighted by Crippen LogP contribution is -2.25. The molecule has 1 aliphatic rings. The maximum Gasteiger partial charge on any atom is 0.165 e. The SMILES string of the molecule is COc1ccc(Cn2c3c(c4cc(C)ccc42)CCNC3)cc1F. The van der Waals surface area contributed by atoms with Gasteiger partial charge in [0.1, 0.15) is 0 Å². The van der Waals surface area contributed by atoms with E-state index in [-0.39, 0.29) is 11.6 Å². The number of ether oxygens (including phenoxy) is 1. The van der Waals surface area contributed by atoms with Crippen molar-refractivity contribution in [2.24, 2.45) is 0 Å². The number of nitrogens with zero attached hydrogens (tertiary/aromatic N) is 1. The molecule has 0 atom stereocenters. The van der Waals surface area contributed by atoms with Gasteiger partial charge >= 0.3 is 0 Å². The van der Waals surface area contributed by atoms with Crippen LogP contribution in [0.15, 0.2) is 36.4 Å². The van der Waals surface area contributed by atoms with Crippen molar-refractivity contribution in [1.82, 2.24) is 9.88 Å². The topological polar surface area (TPSA) is 26.2 Å². The molecular formula is C20H21FN2O. The number of aromatic nitrogens is 1. The van der Waals surface area contributed by atoms with Gasteiger partial charge in [-0.3, -0.25) is 0 Å². The van der Waals surface area contributed by atoms with E-state index in [0.29, 0.717) is 6.54 Å². The third-order valence-corrected chi connectivity index (χ3v) is 4.84. The number of hydrogen-bond acceptors (Lipinski definition) is 2. The average molecular weight is 324 g/mol. The van der Waals surface area contributed by atoms with Crippen molar-refractivity contribution in [2.45, 2.75) is 26.4 Å². The summed E-state index contributed by atoms with van der Waals surface area (Å²) in [7, 11) is 1.49. The number of methoxy groups -OCH3 is 1. The van der Waals surface area contributed by atoms with Gasteiger partial charge in [-0.15, -0.1) is 0 Å². The fourth-order valence-corrected chi connectivity index (χ4v) is 3.66. The Morgan fingerprint density at radius 2 is 2.08 bits per heavy atom. The van der Waals surface area contributed by atoms with Crippen LogP contribution in [0.4, 0.5) is 4.39 Å². The van der Waals surface area contributed by atoms with E-state index in [1.807, 2.05) is 6.07 Å². The molecule has 0 unspecified atom stereocenters. The van der Waals surface area contributed by atoms with Crippen molar-refractivity contribution in [3.63, 3.8) is 0 Å². The zero-order valence-corrected chi connectivity index (χ0v) is 14.0. The highest BCUT2D eigenvalue weighted by Crippen LogP contribution is 2.30. The largest absolute Gasteiger partial charge is 0.494 e. The molecule has 0 radical (unpaired) electrons. The molecule has 4 rings (SSSR count). The molecule has 2 heterocycles. The van der Waals surface area contributed by atoms with Crippen molar-refractivity contribution in [2.75, 3.05) is 13.7 Å². The first-order valence-electron chi connectivity index (χ1n) is 8.31. The number of halogens is 1. The van der Waals surface area contributed by atoms with Crippen LogP contribution in [-0.4, -0.2) is 18.2 Å². The molecule has 0 saturated carbocycles. The molecule has 24 heavy (non-hydrogen) atoms. The van der Waals surface area contributed by atoms with E-state index < -0.39 is 0 Å². The molecular weight excluding hydrogens is 303 g/mol. The number of rotatable bonds is 3. The molecule has 0 fully saturated rings. The molecule has 124 valence electrons. The van der Waals surface area contributed by atoms with Gasteiger partial charge in [0, 0.05) is 29.7 Å². The predicted molar refractivity (Wildman–Crippen MR) is 94.1 cm³/mol. The first-order valence-corrected chi connectivity index (χ1v) is 8.31. The van der Waals surface area contributed by atoms with Gasteiger partial charge in [-0.25, -0.2) is 4.39 Å². The minimum atomic E-state index is -0.311. The van der Waals surface area contributed by atoms with Crippen molar-refractivity contribution >= 4 is 10.9 Å². The summed E-state index contributed by atoms with van der Waals surface area (Å²) < 4.78 is 21.4. The van der Waals surface area contributed by atoms with Crippen LogP contribution in [-0.2, 0) is 19.5 Å². The Hall–Kier alpha value is -2.33. The summed E-state index contributed by atoms with van der Waals surface area (Å²) in [5.41, 5.74) is 6.20. The molecule has 1 aromatic heterocycles. The summed E-state index contributed by atoms with van der Waals surface area (Å²) in [5.74, 6) is -0.0234. The Morgan fingerprint density at radius 1 is 1.21 bits per heavy atom. The Bertz CT molecular complexity index is 914. The number of benzene rings is 2.